The Balaban J connectivity index is 1.44. The first-order valence-electron chi connectivity index (χ1n) is 9.45. The summed E-state index contributed by atoms with van der Waals surface area (Å²) in [7, 11) is 0. The number of nitrogens with one attached hydrogen (secondary N) is 2. The molecule has 3 aromatic carbocycles. The van der Waals surface area contributed by atoms with Gasteiger partial charge in [0.25, 0.3) is 5.91 Å². The Morgan fingerprint density at radius 1 is 0.786 bits per heavy atom. The zero-order valence-electron chi connectivity index (χ0n) is 15.6. The number of amides is 1. The average Bonchev–Trinajstić information content (AvgIpc) is 2.77. The highest BCUT2D eigenvalue weighted by Crippen LogP contribution is 2.29. The highest BCUT2D eigenvalue weighted by Gasteiger charge is 2.14. The lowest BCUT2D eigenvalue weighted by Gasteiger charge is -2.30. The van der Waals surface area contributed by atoms with Gasteiger partial charge < -0.3 is 20.3 Å². The van der Waals surface area contributed by atoms with Crippen LogP contribution in [0.15, 0.2) is 78.9 Å². The predicted molar refractivity (Wildman–Crippen MR) is 114 cm³/mol. The van der Waals surface area contributed by atoms with Gasteiger partial charge in [-0.25, -0.2) is 0 Å². The van der Waals surface area contributed by atoms with Gasteiger partial charge in [0.15, 0.2) is 0 Å². The molecule has 4 rings (SSSR count). The summed E-state index contributed by atoms with van der Waals surface area (Å²) >= 11 is 0. The zero-order chi connectivity index (χ0) is 19.2. The van der Waals surface area contributed by atoms with Gasteiger partial charge in [0.1, 0.15) is 0 Å². The fourth-order valence-corrected chi connectivity index (χ4v) is 3.24. The fraction of sp³-hybridized carbons (Fsp3) is 0.174. The summed E-state index contributed by atoms with van der Waals surface area (Å²) < 4.78 is 5.46. The van der Waals surface area contributed by atoms with E-state index in [1.165, 1.54) is 5.69 Å². The number of carbonyl (C=O) groups is 1. The number of para-hydroxylation sites is 2. The molecule has 1 saturated heterocycles. The molecule has 1 fully saturated rings. The first-order valence-corrected chi connectivity index (χ1v) is 9.45. The lowest BCUT2D eigenvalue weighted by atomic mass is 10.2. The molecule has 142 valence electrons. The number of hydrogen-bond donors (Lipinski definition) is 2. The van der Waals surface area contributed by atoms with Crippen LogP contribution in [-0.4, -0.2) is 32.2 Å². The van der Waals surface area contributed by atoms with E-state index in [9.17, 15) is 4.79 Å². The van der Waals surface area contributed by atoms with E-state index in [1.54, 1.807) is 12.1 Å². The maximum atomic E-state index is 12.3. The molecule has 0 saturated carbocycles. The minimum Gasteiger partial charge on any atom is -0.378 e. The Kier molecular flexibility index (Phi) is 5.54. The molecular weight excluding hydrogens is 350 g/mol. The molecule has 5 nitrogen and oxygen atoms in total. The number of ether oxygens (including phenoxy) is 1. The molecular formula is C23H23N3O2. The highest BCUT2D eigenvalue weighted by molar-refractivity contribution is 6.04. The van der Waals surface area contributed by atoms with E-state index < -0.39 is 0 Å². The topological polar surface area (TPSA) is 53.6 Å². The predicted octanol–water partition coefficient (Wildman–Crippen LogP) is 4.52. The normalized spacial score (nSPS) is 13.8. The van der Waals surface area contributed by atoms with Crippen molar-refractivity contribution in [3.63, 3.8) is 0 Å². The summed E-state index contributed by atoms with van der Waals surface area (Å²) in [5, 5.41) is 6.41. The molecule has 0 aromatic heterocycles. The van der Waals surface area contributed by atoms with E-state index in [0.717, 1.165) is 43.4 Å². The first kappa shape index (κ1) is 18.1. The number of morpholine rings is 1. The van der Waals surface area contributed by atoms with Crippen molar-refractivity contribution < 1.29 is 9.53 Å². The molecule has 0 radical (unpaired) electrons. The van der Waals surface area contributed by atoms with Crippen LogP contribution in [0.1, 0.15) is 10.4 Å². The van der Waals surface area contributed by atoms with Crippen molar-refractivity contribution in [1.82, 2.24) is 0 Å². The zero-order valence-corrected chi connectivity index (χ0v) is 15.6. The van der Waals surface area contributed by atoms with Crippen LogP contribution in [0.4, 0.5) is 22.7 Å². The second kappa shape index (κ2) is 8.59. The SMILES string of the molecule is O=C(Nc1ccc(Nc2ccccc2N2CCOCC2)cc1)c1ccccc1. The number of carbonyl (C=O) groups excluding carboxylic acids is 1. The van der Waals surface area contributed by atoms with Crippen molar-refractivity contribution in [3.05, 3.63) is 84.4 Å². The third-order valence-electron chi connectivity index (χ3n) is 4.71. The minimum atomic E-state index is -0.112. The van der Waals surface area contributed by atoms with Gasteiger partial charge in [-0.15, -0.1) is 0 Å². The standard InChI is InChI=1S/C23H23N3O2/c27-23(18-6-2-1-3-7-18)25-20-12-10-19(11-13-20)24-21-8-4-5-9-22(21)26-14-16-28-17-15-26/h1-13,24H,14-17H2,(H,25,27). The summed E-state index contributed by atoms with van der Waals surface area (Å²) in [6.45, 7) is 3.29. The van der Waals surface area contributed by atoms with Gasteiger partial charge in [-0.05, 0) is 48.5 Å². The van der Waals surface area contributed by atoms with Crippen LogP contribution in [0.25, 0.3) is 0 Å². The Labute approximate surface area is 164 Å². The second-order valence-corrected chi connectivity index (χ2v) is 6.64. The van der Waals surface area contributed by atoms with E-state index in [-0.39, 0.29) is 5.91 Å². The van der Waals surface area contributed by atoms with Crippen LogP contribution in [0.2, 0.25) is 0 Å². The maximum absolute atomic E-state index is 12.3. The second-order valence-electron chi connectivity index (χ2n) is 6.64. The van der Waals surface area contributed by atoms with Gasteiger partial charge in [-0.1, -0.05) is 30.3 Å². The Bertz CT molecular complexity index is 920. The molecule has 3 aromatic rings. The van der Waals surface area contributed by atoms with Crippen molar-refractivity contribution >= 4 is 28.7 Å². The van der Waals surface area contributed by atoms with Gasteiger partial charge in [-0.2, -0.15) is 0 Å². The molecule has 28 heavy (non-hydrogen) atoms. The highest BCUT2D eigenvalue weighted by atomic mass is 16.5. The molecule has 0 spiro atoms. The summed E-state index contributed by atoms with van der Waals surface area (Å²) in [5.41, 5.74) is 4.61. The molecule has 2 N–H and O–H groups in total. The van der Waals surface area contributed by atoms with Gasteiger partial charge in [-0.3, -0.25) is 4.79 Å². The quantitative estimate of drug-likeness (QED) is 0.690. The van der Waals surface area contributed by atoms with E-state index in [1.807, 2.05) is 48.5 Å². The number of benzene rings is 3. The molecule has 1 heterocycles. The van der Waals surface area contributed by atoms with Crippen LogP contribution in [-0.2, 0) is 4.74 Å². The molecule has 1 aliphatic rings. The van der Waals surface area contributed by atoms with Crippen LogP contribution < -0.4 is 15.5 Å². The largest absolute Gasteiger partial charge is 0.378 e. The molecule has 5 heteroatoms. The average molecular weight is 373 g/mol. The van der Waals surface area contributed by atoms with Crippen molar-refractivity contribution in [2.24, 2.45) is 0 Å². The van der Waals surface area contributed by atoms with E-state index >= 15 is 0 Å². The van der Waals surface area contributed by atoms with Gasteiger partial charge in [0.2, 0.25) is 0 Å². The number of rotatable bonds is 5. The number of hydrogen-bond acceptors (Lipinski definition) is 4. The number of nitrogens with zero attached hydrogens (tertiary/aromatic N) is 1. The van der Waals surface area contributed by atoms with E-state index in [2.05, 4.69) is 33.7 Å². The van der Waals surface area contributed by atoms with Crippen molar-refractivity contribution in [1.29, 1.82) is 0 Å². The third kappa shape index (κ3) is 4.32. The third-order valence-corrected chi connectivity index (χ3v) is 4.71. The lowest BCUT2D eigenvalue weighted by Crippen LogP contribution is -2.36. The Hall–Kier alpha value is -3.31. The molecule has 1 amide bonds. The monoisotopic (exact) mass is 373 g/mol. The van der Waals surface area contributed by atoms with Crippen molar-refractivity contribution in [2.45, 2.75) is 0 Å². The Morgan fingerprint density at radius 2 is 1.43 bits per heavy atom. The summed E-state index contributed by atoms with van der Waals surface area (Å²) in [5.74, 6) is -0.112. The van der Waals surface area contributed by atoms with Gasteiger partial charge in [0, 0.05) is 30.0 Å². The van der Waals surface area contributed by atoms with Gasteiger partial charge in [0.05, 0.1) is 24.6 Å². The van der Waals surface area contributed by atoms with Crippen molar-refractivity contribution in [3.8, 4) is 0 Å². The molecule has 0 unspecified atom stereocenters. The van der Waals surface area contributed by atoms with Crippen LogP contribution >= 0.6 is 0 Å². The summed E-state index contributed by atoms with van der Waals surface area (Å²) in [4.78, 5) is 14.6. The smallest absolute Gasteiger partial charge is 0.255 e. The summed E-state index contributed by atoms with van der Waals surface area (Å²) in [6.07, 6.45) is 0. The maximum Gasteiger partial charge on any atom is 0.255 e. The first-order chi connectivity index (χ1) is 13.8. The van der Waals surface area contributed by atoms with Crippen LogP contribution in [0.5, 0.6) is 0 Å². The Morgan fingerprint density at radius 3 is 2.18 bits per heavy atom. The fourth-order valence-electron chi connectivity index (χ4n) is 3.24. The van der Waals surface area contributed by atoms with Crippen LogP contribution in [0, 0.1) is 0 Å². The van der Waals surface area contributed by atoms with Gasteiger partial charge >= 0.3 is 0 Å². The molecule has 0 aliphatic carbocycles. The molecule has 0 atom stereocenters. The lowest BCUT2D eigenvalue weighted by molar-refractivity contribution is 0.102. The van der Waals surface area contributed by atoms with Crippen molar-refractivity contribution in [2.75, 3.05) is 41.8 Å². The minimum absolute atomic E-state index is 0.112. The summed E-state index contributed by atoms with van der Waals surface area (Å²) in [6, 6.07) is 25.2. The van der Waals surface area contributed by atoms with E-state index in [0.29, 0.717) is 5.56 Å². The van der Waals surface area contributed by atoms with E-state index in [4.69, 9.17) is 4.74 Å². The number of anilines is 4. The molecule has 0 bridgehead atoms. The molecule has 1 aliphatic heterocycles. The van der Waals surface area contributed by atoms with Crippen LogP contribution in [0.3, 0.4) is 0 Å².